The average Bonchev–Trinajstić information content (AvgIpc) is 3.01. The SMILES string of the molecule is COc1cc(NC(=O)c2ccc3nc[nH]c3c2)cc(OC)c1. The minimum atomic E-state index is -0.216. The highest BCUT2D eigenvalue weighted by Crippen LogP contribution is 2.26. The molecule has 0 saturated heterocycles. The number of amides is 1. The van der Waals surface area contributed by atoms with Crippen molar-refractivity contribution < 1.29 is 14.3 Å². The lowest BCUT2D eigenvalue weighted by molar-refractivity contribution is 0.102. The summed E-state index contributed by atoms with van der Waals surface area (Å²) in [5, 5.41) is 2.83. The van der Waals surface area contributed by atoms with Gasteiger partial charge in [-0.05, 0) is 18.2 Å². The lowest BCUT2D eigenvalue weighted by Gasteiger charge is -2.10. The second-order valence-corrected chi connectivity index (χ2v) is 4.69. The van der Waals surface area contributed by atoms with Crippen LogP contribution in [0.2, 0.25) is 0 Å². The van der Waals surface area contributed by atoms with Gasteiger partial charge in [-0.25, -0.2) is 4.98 Å². The monoisotopic (exact) mass is 297 g/mol. The third-order valence-electron chi connectivity index (χ3n) is 3.29. The number of fused-ring (bicyclic) bond motifs is 1. The summed E-state index contributed by atoms with van der Waals surface area (Å²) in [7, 11) is 3.12. The Morgan fingerprint density at radius 2 is 1.82 bits per heavy atom. The summed E-state index contributed by atoms with van der Waals surface area (Å²) < 4.78 is 10.4. The smallest absolute Gasteiger partial charge is 0.255 e. The predicted octanol–water partition coefficient (Wildman–Crippen LogP) is 2.83. The zero-order valence-electron chi connectivity index (χ0n) is 12.2. The van der Waals surface area contributed by atoms with Crippen molar-refractivity contribution in [2.24, 2.45) is 0 Å². The second kappa shape index (κ2) is 5.77. The number of carbonyl (C=O) groups excluding carboxylic acids is 1. The van der Waals surface area contributed by atoms with Crippen LogP contribution in [-0.2, 0) is 0 Å². The number of hydrogen-bond donors (Lipinski definition) is 2. The van der Waals surface area contributed by atoms with Crippen molar-refractivity contribution in [1.82, 2.24) is 9.97 Å². The second-order valence-electron chi connectivity index (χ2n) is 4.69. The molecule has 0 saturated carbocycles. The highest BCUT2D eigenvalue weighted by molar-refractivity contribution is 6.06. The van der Waals surface area contributed by atoms with Crippen molar-refractivity contribution in [2.45, 2.75) is 0 Å². The predicted molar refractivity (Wildman–Crippen MR) is 83.6 cm³/mol. The Bertz CT molecular complexity index is 804. The molecule has 6 nitrogen and oxygen atoms in total. The van der Waals surface area contributed by atoms with E-state index < -0.39 is 0 Å². The summed E-state index contributed by atoms with van der Waals surface area (Å²) in [5.74, 6) is 1.00. The number of imidazole rings is 1. The third-order valence-corrected chi connectivity index (χ3v) is 3.29. The molecule has 0 unspecified atom stereocenters. The number of nitrogens with one attached hydrogen (secondary N) is 2. The number of anilines is 1. The van der Waals surface area contributed by atoms with E-state index >= 15 is 0 Å². The first-order chi connectivity index (χ1) is 10.7. The van der Waals surface area contributed by atoms with Gasteiger partial charge in [-0.15, -0.1) is 0 Å². The summed E-state index contributed by atoms with van der Waals surface area (Å²) in [5.41, 5.74) is 2.78. The molecule has 2 aromatic carbocycles. The van der Waals surface area contributed by atoms with Crippen molar-refractivity contribution >= 4 is 22.6 Å². The van der Waals surface area contributed by atoms with E-state index in [-0.39, 0.29) is 5.91 Å². The first-order valence-corrected chi connectivity index (χ1v) is 6.67. The number of H-pyrrole nitrogens is 1. The highest BCUT2D eigenvalue weighted by atomic mass is 16.5. The quantitative estimate of drug-likeness (QED) is 0.776. The number of benzene rings is 2. The third kappa shape index (κ3) is 2.71. The summed E-state index contributed by atoms with van der Waals surface area (Å²) in [6, 6.07) is 10.5. The minimum absolute atomic E-state index is 0.216. The van der Waals surface area contributed by atoms with Crippen molar-refractivity contribution in [1.29, 1.82) is 0 Å². The number of carbonyl (C=O) groups is 1. The molecule has 0 spiro atoms. The number of ether oxygens (including phenoxy) is 2. The molecule has 0 atom stereocenters. The lowest BCUT2D eigenvalue weighted by Crippen LogP contribution is -2.12. The van der Waals surface area contributed by atoms with Crippen LogP contribution in [0.1, 0.15) is 10.4 Å². The van der Waals surface area contributed by atoms with Gasteiger partial charge >= 0.3 is 0 Å². The van der Waals surface area contributed by atoms with E-state index in [1.54, 1.807) is 56.9 Å². The molecule has 22 heavy (non-hydrogen) atoms. The van der Waals surface area contributed by atoms with Gasteiger partial charge in [0.2, 0.25) is 0 Å². The topological polar surface area (TPSA) is 76.2 Å². The van der Waals surface area contributed by atoms with Gasteiger partial charge in [0.15, 0.2) is 0 Å². The zero-order valence-corrected chi connectivity index (χ0v) is 12.2. The van der Waals surface area contributed by atoms with Gasteiger partial charge in [-0.1, -0.05) is 0 Å². The molecule has 0 fully saturated rings. The summed E-state index contributed by atoms with van der Waals surface area (Å²) >= 11 is 0. The van der Waals surface area contributed by atoms with Gasteiger partial charge in [0, 0.05) is 29.4 Å². The van der Waals surface area contributed by atoms with Crippen LogP contribution < -0.4 is 14.8 Å². The van der Waals surface area contributed by atoms with Crippen LogP contribution in [0.15, 0.2) is 42.7 Å². The average molecular weight is 297 g/mol. The molecule has 3 rings (SSSR count). The van der Waals surface area contributed by atoms with Crippen LogP contribution in [0.4, 0.5) is 5.69 Å². The van der Waals surface area contributed by atoms with Crippen molar-refractivity contribution in [3.8, 4) is 11.5 Å². The van der Waals surface area contributed by atoms with E-state index in [4.69, 9.17) is 9.47 Å². The van der Waals surface area contributed by atoms with Crippen LogP contribution in [-0.4, -0.2) is 30.1 Å². The van der Waals surface area contributed by atoms with Crippen LogP contribution in [0.5, 0.6) is 11.5 Å². The number of methoxy groups -OCH3 is 2. The molecule has 0 radical (unpaired) electrons. The van der Waals surface area contributed by atoms with Gasteiger partial charge in [0.05, 0.1) is 31.6 Å². The Kier molecular flexibility index (Phi) is 3.65. The van der Waals surface area contributed by atoms with Crippen LogP contribution in [0, 0.1) is 0 Å². The fourth-order valence-electron chi connectivity index (χ4n) is 2.16. The van der Waals surface area contributed by atoms with Gasteiger partial charge < -0.3 is 19.8 Å². The number of aromatic nitrogens is 2. The van der Waals surface area contributed by atoms with E-state index in [9.17, 15) is 4.79 Å². The van der Waals surface area contributed by atoms with Crippen LogP contribution >= 0.6 is 0 Å². The van der Waals surface area contributed by atoms with Gasteiger partial charge in [0.1, 0.15) is 11.5 Å². The minimum Gasteiger partial charge on any atom is -0.497 e. The van der Waals surface area contributed by atoms with Crippen LogP contribution in [0.3, 0.4) is 0 Å². The summed E-state index contributed by atoms with van der Waals surface area (Å²) in [6.45, 7) is 0. The molecule has 112 valence electrons. The van der Waals surface area contributed by atoms with E-state index in [2.05, 4.69) is 15.3 Å². The van der Waals surface area contributed by atoms with E-state index in [1.165, 1.54) is 0 Å². The number of nitrogens with zero attached hydrogens (tertiary/aromatic N) is 1. The Labute approximate surface area is 127 Å². The molecule has 3 aromatic rings. The van der Waals surface area contributed by atoms with E-state index in [0.29, 0.717) is 22.7 Å². The van der Waals surface area contributed by atoms with Crippen molar-refractivity contribution in [2.75, 3.05) is 19.5 Å². The van der Waals surface area contributed by atoms with Crippen LogP contribution in [0.25, 0.3) is 11.0 Å². The summed E-state index contributed by atoms with van der Waals surface area (Å²) in [6.07, 6.45) is 1.60. The molecule has 0 aliphatic rings. The maximum atomic E-state index is 12.4. The van der Waals surface area contributed by atoms with Gasteiger partial charge in [0.25, 0.3) is 5.91 Å². The Morgan fingerprint density at radius 3 is 2.50 bits per heavy atom. The standard InChI is InChI=1S/C16H15N3O3/c1-21-12-6-11(7-13(8-12)22-2)19-16(20)10-3-4-14-15(5-10)18-9-17-14/h3-9H,1-2H3,(H,17,18)(H,19,20). The van der Waals surface area contributed by atoms with E-state index in [0.717, 1.165) is 11.0 Å². The van der Waals surface area contributed by atoms with E-state index in [1.807, 2.05) is 0 Å². The molecule has 1 amide bonds. The normalized spacial score (nSPS) is 10.5. The number of hydrogen-bond acceptors (Lipinski definition) is 4. The molecule has 1 heterocycles. The Morgan fingerprint density at radius 1 is 1.09 bits per heavy atom. The molecule has 2 N–H and O–H groups in total. The first kappa shape index (κ1) is 13.9. The highest BCUT2D eigenvalue weighted by Gasteiger charge is 2.10. The zero-order chi connectivity index (χ0) is 15.5. The molecule has 6 heteroatoms. The maximum absolute atomic E-state index is 12.4. The Hall–Kier alpha value is -3.02. The van der Waals surface area contributed by atoms with Gasteiger partial charge in [-0.3, -0.25) is 4.79 Å². The molecule has 0 aliphatic carbocycles. The number of rotatable bonds is 4. The van der Waals surface area contributed by atoms with Gasteiger partial charge in [-0.2, -0.15) is 0 Å². The first-order valence-electron chi connectivity index (χ1n) is 6.67. The Balaban J connectivity index is 1.86. The largest absolute Gasteiger partial charge is 0.497 e. The molecule has 0 bridgehead atoms. The van der Waals surface area contributed by atoms with Crippen molar-refractivity contribution in [3.05, 3.63) is 48.3 Å². The molecule has 1 aromatic heterocycles. The lowest BCUT2D eigenvalue weighted by atomic mass is 10.2. The fraction of sp³-hybridized carbons (Fsp3) is 0.125. The molecule has 0 aliphatic heterocycles. The fourth-order valence-corrected chi connectivity index (χ4v) is 2.16. The van der Waals surface area contributed by atoms with Crippen molar-refractivity contribution in [3.63, 3.8) is 0 Å². The molecular formula is C16H15N3O3. The summed E-state index contributed by atoms with van der Waals surface area (Å²) in [4.78, 5) is 19.5. The molecular weight excluding hydrogens is 282 g/mol. The maximum Gasteiger partial charge on any atom is 0.255 e. The number of aromatic amines is 1.